The summed E-state index contributed by atoms with van der Waals surface area (Å²) in [6.45, 7) is 2.80. The number of hydrogen-bond acceptors (Lipinski definition) is 3. The predicted octanol–water partition coefficient (Wildman–Crippen LogP) is 2.70. The zero-order valence-corrected chi connectivity index (χ0v) is 12.1. The maximum Gasteiger partial charge on any atom is 0.119 e. The van der Waals surface area contributed by atoms with Crippen LogP contribution in [0.25, 0.3) is 0 Å². The summed E-state index contributed by atoms with van der Waals surface area (Å²) in [6.07, 6.45) is 0.757. The lowest BCUT2D eigenvalue weighted by atomic mass is 10.1. The van der Waals surface area contributed by atoms with E-state index in [4.69, 9.17) is 4.74 Å². The largest absolute Gasteiger partial charge is 0.491 e. The fourth-order valence-electron chi connectivity index (χ4n) is 2.77. The SMILES string of the molecule is OC1(COc2ccccc2)CCN(Cc2ccccc2)C1. The summed E-state index contributed by atoms with van der Waals surface area (Å²) < 4.78 is 5.71. The Morgan fingerprint density at radius 2 is 1.67 bits per heavy atom. The molecule has 3 rings (SSSR count). The van der Waals surface area contributed by atoms with Gasteiger partial charge in [-0.2, -0.15) is 0 Å². The molecular formula is C18H21NO2. The van der Waals surface area contributed by atoms with Crippen molar-refractivity contribution in [2.45, 2.75) is 18.6 Å². The standard InChI is InChI=1S/C18H21NO2/c20-18(15-21-17-9-5-2-6-10-17)11-12-19(14-18)13-16-7-3-1-4-8-16/h1-10,20H,11-15H2. The molecule has 0 aromatic heterocycles. The fourth-order valence-corrected chi connectivity index (χ4v) is 2.77. The second-order valence-corrected chi connectivity index (χ2v) is 5.77. The molecule has 21 heavy (non-hydrogen) atoms. The third kappa shape index (κ3) is 3.84. The Hall–Kier alpha value is -1.84. The molecule has 2 aromatic carbocycles. The summed E-state index contributed by atoms with van der Waals surface area (Å²) in [5, 5.41) is 10.6. The zero-order valence-electron chi connectivity index (χ0n) is 12.1. The molecule has 1 heterocycles. The van der Waals surface area contributed by atoms with E-state index in [2.05, 4.69) is 29.2 Å². The van der Waals surface area contributed by atoms with Gasteiger partial charge in [0.05, 0.1) is 0 Å². The molecule has 0 bridgehead atoms. The fraction of sp³-hybridized carbons (Fsp3) is 0.333. The van der Waals surface area contributed by atoms with Gasteiger partial charge in [-0.25, -0.2) is 0 Å². The minimum Gasteiger partial charge on any atom is -0.491 e. The lowest BCUT2D eigenvalue weighted by Crippen LogP contribution is -2.39. The normalized spacial score (nSPS) is 22.3. The molecule has 1 atom stereocenters. The van der Waals surface area contributed by atoms with Crippen molar-refractivity contribution in [2.24, 2.45) is 0 Å². The average Bonchev–Trinajstić information content (AvgIpc) is 2.89. The Balaban J connectivity index is 1.53. The molecule has 0 saturated carbocycles. The summed E-state index contributed by atoms with van der Waals surface area (Å²) >= 11 is 0. The van der Waals surface area contributed by atoms with Gasteiger partial charge in [-0.15, -0.1) is 0 Å². The molecule has 1 aliphatic rings. The topological polar surface area (TPSA) is 32.7 Å². The van der Waals surface area contributed by atoms with Crippen molar-refractivity contribution in [1.29, 1.82) is 0 Å². The van der Waals surface area contributed by atoms with Gasteiger partial charge >= 0.3 is 0 Å². The Labute approximate surface area is 125 Å². The second-order valence-electron chi connectivity index (χ2n) is 5.77. The van der Waals surface area contributed by atoms with E-state index in [9.17, 15) is 5.11 Å². The van der Waals surface area contributed by atoms with Crippen LogP contribution in [0, 0.1) is 0 Å². The summed E-state index contributed by atoms with van der Waals surface area (Å²) in [4.78, 5) is 2.28. The van der Waals surface area contributed by atoms with Gasteiger partial charge in [0.2, 0.25) is 0 Å². The molecule has 2 aromatic rings. The first-order valence-electron chi connectivity index (χ1n) is 7.40. The van der Waals surface area contributed by atoms with Crippen molar-refractivity contribution < 1.29 is 9.84 Å². The Morgan fingerprint density at radius 1 is 1.00 bits per heavy atom. The van der Waals surface area contributed by atoms with Crippen LogP contribution >= 0.6 is 0 Å². The van der Waals surface area contributed by atoms with Gasteiger partial charge in [0.1, 0.15) is 18.0 Å². The third-order valence-electron chi connectivity index (χ3n) is 3.91. The van der Waals surface area contributed by atoms with E-state index < -0.39 is 5.60 Å². The number of nitrogens with zero attached hydrogens (tertiary/aromatic N) is 1. The maximum atomic E-state index is 10.6. The van der Waals surface area contributed by atoms with E-state index in [1.165, 1.54) is 5.56 Å². The third-order valence-corrected chi connectivity index (χ3v) is 3.91. The maximum absolute atomic E-state index is 10.6. The van der Waals surface area contributed by atoms with Crippen LogP contribution in [0.3, 0.4) is 0 Å². The molecule has 0 spiro atoms. The zero-order chi connectivity index (χ0) is 14.5. The summed E-state index contributed by atoms with van der Waals surface area (Å²) in [5.74, 6) is 0.812. The molecule has 110 valence electrons. The van der Waals surface area contributed by atoms with Crippen molar-refractivity contribution in [1.82, 2.24) is 4.90 Å². The van der Waals surface area contributed by atoms with Crippen molar-refractivity contribution in [2.75, 3.05) is 19.7 Å². The summed E-state index contributed by atoms with van der Waals surface area (Å²) in [6, 6.07) is 20.0. The van der Waals surface area contributed by atoms with Crippen LogP contribution in [0.5, 0.6) is 5.75 Å². The lowest BCUT2D eigenvalue weighted by molar-refractivity contribution is 0.00338. The van der Waals surface area contributed by atoms with Crippen molar-refractivity contribution >= 4 is 0 Å². The highest BCUT2D eigenvalue weighted by molar-refractivity contribution is 5.21. The van der Waals surface area contributed by atoms with Crippen LogP contribution in [-0.4, -0.2) is 35.3 Å². The molecule has 3 nitrogen and oxygen atoms in total. The van der Waals surface area contributed by atoms with Crippen LogP contribution in [0.1, 0.15) is 12.0 Å². The molecule has 0 amide bonds. The Morgan fingerprint density at radius 3 is 2.38 bits per heavy atom. The van der Waals surface area contributed by atoms with E-state index in [-0.39, 0.29) is 0 Å². The van der Waals surface area contributed by atoms with Crippen LogP contribution in [0.15, 0.2) is 60.7 Å². The van der Waals surface area contributed by atoms with Crippen LogP contribution in [0.2, 0.25) is 0 Å². The highest BCUT2D eigenvalue weighted by atomic mass is 16.5. The number of benzene rings is 2. The van der Waals surface area contributed by atoms with Gasteiger partial charge in [0, 0.05) is 19.6 Å². The number of rotatable bonds is 5. The number of hydrogen-bond donors (Lipinski definition) is 1. The van der Waals surface area contributed by atoms with E-state index in [0.717, 1.165) is 25.3 Å². The number of β-amino-alcohol motifs (C(OH)–C–C–N with tert-alkyl or cyclic N) is 1. The number of aliphatic hydroxyl groups is 1. The van der Waals surface area contributed by atoms with Gasteiger partial charge in [-0.3, -0.25) is 4.90 Å². The Kier molecular flexibility index (Phi) is 4.23. The van der Waals surface area contributed by atoms with Gasteiger partial charge in [-0.05, 0) is 24.1 Å². The van der Waals surface area contributed by atoms with Gasteiger partial charge in [0.25, 0.3) is 0 Å². The lowest BCUT2D eigenvalue weighted by Gasteiger charge is -2.23. The molecule has 1 fully saturated rings. The molecule has 3 heteroatoms. The van der Waals surface area contributed by atoms with Gasteiger partial charge in [-0.1, -0.05) is 48.5 Å². The highest BCUT2D eigenvalue weighted by Crippen LogP contribution is 2.24. The van der Waals surface area contributed by atoms with E-state index >= 15 is 0 Å². The molecule has 1 unspecified atom stereocenters. The molecule has 1 N–H and O–H groups in total. The van der Waals surface area contributed by atoms with E-state index in [0.29, 0.717) is 13.2 Å². The molecule has 0 aliphatic carbocycles. The smallest absolute Gasteiger partial charge is 0.119 e. The van der Waals surface area contributed by atoms with Gasteiger partial charge in [0.15, 0.2) is 0 Å². The quantitative estimate of drug-likeness (QED) is 0.916. The molecular weight excluding hydrogens is 262 g/mol. The number of likely N-dealkylation sites (tertiary alicyclic amines) is 1. The van der Waals surface area contributed by atoms with Crippen molar-refractivity contribution in [3.8, 4) is 5.75 Å². The minimum atomic E-state index is -0.745. The van der Waals surface area contributed by atoms with Crippen LogP contribution in [0.4, 0.5) is 0 Å². The molecule has 0 radical (unpaired) electrons. The molecule has 1 aliphatic heterocycles. The van der Waals surface area contributed by atoms with E-state index in [1.54, 1.807) is 0 Å². The van der Waals surface area contributed by atoms with Crippen molar-refractivity contribution in [3.05, 3.63) is 66.2 Å². The Bertz CT molecular complexity index is 558. The average molecular weight is 283 g/mol. The molecule has 1 saturated heterocycles. The summed E-state index contributed by atoms with van der Waals surface area (Å²) in [7, 11) is 0. The van der Waals surface area contributed by atoms with E-state index in [1.807, 2.05) is 36.4 Å². The van der Waals surface area contributed by atoms with Crippen LogP contribution < -0.4 is 4.74 Å². The second kappa shape index (κ2) is 6.29. The minimum absolute atomic E-state index is 0.350. The first kappa shape index (κ1) is 14.1. The number of para-hydroxylation sites is 1. The predicted molar refractivity (Wildman–Crippen MR) is 83.2 cm³/mol. The monoisotopic (exact) mass is 283 g/mol. The van der Waals surface area contributed by atoms with Crippen molar-refractivity contribution in [3.63, 3.8) is 0 Å². The number of ether oxygens (including phenoxy) is 1. The van der Waals surface area contributed by atoms with Gasteiger partial charge < -0.3 is 9.84 Å². The summed E-state index contributed by atoms with van der Waals surface area (Å²) in [5.41, 5.74) is 0.538. The first-order chi connectivity index (χ1) is 10.2. The van der Waals surface area contributed by atoms with Crippen LogP contribution in [-0.2, 0) is 6.54 Å². The highest BCUT2D eigenvalue weighted by Gasteiger charge is 2.36. The first-order valence-corrected chi connectivity index (χ1v) is 7.40.